The van der Waals surface area contributed by atoms with Crippen LogP contribution < -0.4 is 0 Å². The molecule has 4 nitrogen and oxygen atoms in total. The van der Waals surface area contributed by atoms with Crippen LogP contribution in [0.4, 0.5) is 0 Å². The minimum absolute atomic E-state index is 0.784. The molecule has 1 aliphatic heterocycles. The Morgan fingerprint density at radius 2 is 2.33 bits per heavy atom. The van der Waals surface area contributed by atoms with Crippen molar-refractivity contribution in [1.82, 2.24) is 20.1 Å². The van der Waals surface area contributed by atoms with E-state index in [0.29, 0.717) is 0 Å². The first-order valence-electron chi connectivity index (χ1n) is 6.44. The van der Waals surface area contributed by atoms with Gasteiger partial charge in [0.15, 0.2) is 0 Å². The lowest BCUT2D eigenvalue weighted by Crippen LogP contribution is -2.15. The van der Waals surface area contributed by atoms with Crippen molar-refractivity contribution < 1.29 is 0 Å². The zero-order chi connectivity index (χ0) is 12.4. The van der Waals surface area contributed by atoms with E-state index < -0.39 is 0 Å². The maximum Gasteiger partial charge on any atom is 0.0883 e. The normalized spacial score (nSPS) is 20.4. The molecule has 0 aromatic carbocycles. The molecule has 0 spiro atoms. The molecule has 18 heavy (non-hydrogen) atoms. The number of H-pyrrole nitrogens is 1. The van der Waals surface area contributed by atoms with Gasteiger partial charge in [-0.05, 0) is 56.1 Å². The highest BCUT2D eigenvalue weighted by Gasteiger charge is 2.19. The van der Waals surface area contributed by atoms with Crippen LogP contribution in [0.15, 0.2) is 30.6 Å². The third-order valence-electron chi connectivity index (χ3n) is 3.61. The number of aromatic nitrogens is 3. The van der Waals surface area contributed by atoms with Crippen LogP contribution in [-0.4, -0.2) is 40.2 Å². The van der Waals surface area contributed by atoms with Crippen LogP contribution in [0, 0.1) is 5.92 Å². The van der Waals surface area contributed by atoms with Gasteiger partial charge in [-0.1, -0.05) is 0 Å². The maximum atomic E-state index is 4.39. The molecule has 0 unspecified atom stereocenters. The Bertz CT molecular complexity index is 506. The highest BCUT2D eigenvalue weighted by atomic mass is 15.1. The summed E-state index contributed by atoms with van der Waals surface area (Å²) < 4.78 is 0. The molecule has 3 rings (SSSR count). The zero-order valence-corrected chi connectivity index (χ0v) is 10.6. The minimum atomic E-state index is 0.784. The van der Waals surface area contributed by atoms with Gasteiger partial charge < -0.3 is 4.90 Å². The molecule has 2 aromatic heterocycles. The van der Waals surface area contributed by atoms with Gasteiger partial charge in [-0.25, -0.2) is 0 Å². The molecule has 1 N–H and O–H groups in total. The van der Waals surface area contributed by atoms with Gasteiger partial charge in [0, 0.05) is 18.9 Å². The van der Waals surface area contributed by atoms with Crippen LogP contribution in [0.25, 0.3) is 11.4 Å². The van der Waals surface area contributed by atoms with Crippen LogP contribution in [0.3, 0.4) is 0 Å². The fourth-order valence-corrected chi connectivity index (χ4v) is 2.67. The Balaban J connectivity index is 1.75. The van der Waals surface area contributed by atoms with E-state index in [4.69, 9.17) is 0 Å². The molecule has 2 aromatic rings. The number of rotatable bonds is 3. The first-order valence-corrected chi connectivity index (χ1v) is 6.44. The first kappa shape index (κ1) is 11.4. The largest absolute Gasteiger partial charge is 0.306 e. The van der Waals surface area contributed by atoms with E-state index in [1.807, 2.05) is 12.3 Å². The average Bonchev–Trinajstić information content (AvgIpc) is 3.01. The van der Waals surface area contributed by atoms with Crippen LogP contribution >= 0.6 is 0 Å². The van der Waals surface area contributed by atoms with E-state index in [1.54, 1.807) is 6.20 Å². The summed E-state index contributed by atoms with van der Waals surface area (Å²) in [5, 5.41) is 6.93. The van der Waals surface area contributed by atoms with E-state index in [2.05, 4.69) is 39.3 Å². The molecule has 1 aliphatic rings. The van der Waals surface area contributed by atoms with Crippen molar-refractivity contribution in [3.8, 4) is 11.4 Å². The van der Waals surface area contributed by atoms with E-state index in [0.717, 1.165) is 23.7 Å². The monoisotopic (exact) mass is 242 g/mol. The Hall–Kier alpha value is -1.68. The van der Waals surface area contributed by atoms with Gasteiger partial charge >= 0.3 is 0 Å². The first-order chi connectivity index (χ1) is 8.81. The molecule has 3 heterocycles. The average molecular weight is 242 g/mol. The number of hydrogen-bond donors (Lipinski definition) is 1. The molecule has 94 valence electrons. The molecule has 4 heteroatoms. The van der Waals surface area contributed by atoms with Crippen molar-refractivity contribution in [2.45, 2.75) is 12.8 Å². The highest BCUT2D eigenvalue weighted by Crippen LogP contribution is 2.21. The summed E-state index contributed by atoms with van der Waals surface area (Å²) in [5.74, 6) is 0.784. The lowest BCUT2D eigenvalue weighted by Gasteiger charge is -2.10. The Morgan fingerprint density at radius 3 is 3.06 bits per heavy atom. The predicted molar refractivity (Wildman–Crippen MR) is 71.1 cm³/mol. The van der Waals surface area contributed by atoms with Gasteiger partial charge in [0.05, 0.1) is 11.4 Å². The van der Waals surface area contributed by atoms with Crippen molar-refractivity contribution in [3.05, 3.63) is 36.2 Å². The van der Waals surface area contributed by atoms with Gasteiger partial charge in [0.2, 0.25) is 0 Å². The second-order valence-electron chi connectivity index (χ2n) is 5.14. The molecule has 0 saturated carbocycles. The number of likely N-dealkylation sites (tertiary alicyclic amines) is 1. The molecule has 0 aliphatic carbocycles. The molecule has 1 atom stereocenters. The van der Waals surface area contributed by atoms with Gasteiger partial charge in [-0.3, -0.25) is 10.1 Å². The van der Waals surface area contributed by atoms with E-state index in [-0.39, 0.29) is 0 Å². The maximum absolute atomic E-state index is 4.39. The smallest absolute Gasteiger partial charge is 0.0883 e. The second kappa shape index (κ2) is 4.90. The predicted octanol–water partition coefficient (Wildman–Crippen LogP) is 1.97. The summed E-state index contributed by atoms with van der Waals surface area (Å²) in [4.78, 5) is 6.79. The van der Waals surface area contributed by atoms with Gasteiger partial charge in [0.1, 0.15) is 0 Å². The van der Waals surface area contributed by atoms with Crippen molar-refractivity contribution in [2.24, 2.45) is 5.92 Å². The fourth-order valence-electron chi connectivity index (χ4n) is 2.67. The van der Waals surface area contributed by atoms with Crippen molar-refractivity contribution >= 4 is 0 Å². The summed E-state index contributed by atoms with van der Waals surface area (Å²) in [6, 6.07) is 6.25. The van der Waals surface area contributed by atoms with Crippen LogP contribution in [0.2, 0.25) is 0 Å². The lowest BCUT2D eigenvalue weighted by atomic mass is 9.98. The Labute approximate surface area is 107 Å². The van der Waals surface area contributed by atoms with Crippen LogP contribution in [0.5, 0.6) is 0 Å². The number of nitrogens with one attached hydrogen (secondary N) is 1. The zero-order valence-electron chi connectivity index (χ0n) is 10.6. The van der Waals surface area contributed by atoms with Crippen molar-refractivity contribution in [3.63, 3.8) is 0 Å². The third-order valence-corrected chi connectivity index (χ3v) is 3.61. The quantitative estimate of drug-likeness (QED) is 0.895. The summed E-state index contributed by atoms with van der Waals surface area (Å²) in [5.41, 5.74) is 3.34. The number of nitrogens with zero attached hydrogens (tertiary/aromatic N) is 3. The van der Waals surface area contributed by atoms with Gasteiger partial charge in [0.25, 0.3) is 0 Å². The van der Waals surface area contributed by atoms with Crippen molar-refractivity contribution in [1.29, 1.82) is 0 Å². The third kappa shape index (κ3) is 2.43. The lowest BCUT2D eigenvalue weighted by molar-refractivity contribution is 0.394. The minimum Gasteiger partial charge on any atom is -0.306 e. The highest BCUT2D eigenvalue weighted by molar-refractivity contribution is 5.53. The fraction of sp³-hybridized carbons (Fsp3) is 0.429. The molecular weight excluding hydrogens is 224 g/mol. The van der Waals surface area contributed by atoms with E-state index in [9.17, 15) is 0 Å². The standard InChI is InChI=1S/C14H18N4/c1-18-7-4-12(10-18)8-11-2-5-15-14(9-11)13-3-6-16-17-13/h2-3,5-6,9,12H,4,7-8,10H2,1H3,(H,16,17)/t12-/m1/s1. The van der Waals surface area contributed by atoms with Crippen LogP contribution in [0.1, 0.15) is 12.0 Å². The Kier molecular flexibility index (Phi) is 3.11. The topological polar surface area (TPSA) is 44.8 Å². The molecular formula is C14H18N4. The summed E-state index contributed by atoms with van der Waals surface area (Å²) in [7, 11) is 2.20. The summed E-state index contributed by atoms with van der Waals surface area (Å²) >= 11 is 0. The van der Waals surface area contributed by atoms with E-state index >= 15 is 0 Å². The molecule has 1 fully saturated rings. The van der Waals surface area contributed by atoms with Crippen LogP contribution in [-0.2, 0) is 6.42 Å². The molecule has 0 bridgehead atoms. The second-order valence-corrected chi connectivity index (χ2v) is 5.14. The Morgan fingerprint density at radius 1 is 1.39 bits per heavy atom. The summed E-state index contributed by atoms with van der Waals surface area (Å²) in [6.07, 6.45) is 6.10. The number of aromatic amines is 1. The SMILES string of the molecule is CN1CC[C@H](Cc2ccnc(-c3ccn[nH]3)c2)C1. The van der Waals surface area contributed by atoms with Gasteiger partial charge in [-0.2, -0.15) is 5.10 Å². The molecule has 1 saturated heterocycles. The molecule has 0 radical (unpaired) electrons. The van der Waals surface area contributed by atoms with E-state index in [1.165, 1.54) is 25.1 Å². The number of pyridine rings is 1. The van der Waals surface area contributed by atoms with Crippen molar-refractivity contribution in [2.75, 3.05) is 20.1 Å². The molecule has 0 amide bonds. The number of hydrogen-bond acceptors (Lipinski definition) is 3. The summed E-state index contributed by atoms with van der Waals surface area (Å²) in [6.45, 7) is 2.44. The van der Waals surface area contributed by atoms with Gasteiger partial charge in [-0.15, -0.1) is 0 Å².